The molecule has 134 valence electrons. The molecule has 0 unspecified atom stereocenters. The second kappa shape index (κ2) is 6.57. The van der Waals surface area contributed by atoms with Crippen LogP contribution in [0.2, 0.25) is 0 Å². The summed E-state index contributed by atoms with van der Waals surface area (Å²) in [6, 6.07) is 12.0. The van der Waals surface area contributed by atoms with E-state index in [0.717, 1.165) is 5.01 Å². The fourth-order valence-electron chi connectivity index (χ4n) is 2.88. The van der Waals surface area contributed by atoms with Gasteiger partial charge >= 0.3 is 0 Å². The number of carbonyl (C=O) groups is 1. The quantitative estimate of drug-likeness (QED) is 0.670. The van der Waals surface area contributed by atoms with E-state index in [2.05, 4.69) is 5.10 Å². The van der Waals surface area contributed by atoms with Gasteiger partial charge in [-0.2, -0.15) is 10.1 Å². The third-order valence-corrected chi connectivity index (χ3v) is 4.17. The van der Waals surface area contributed by atoms with Crippen LogP contribution in [0.3, 0.4) is 0 Å². The van der Waals surface area contributed by atoms with Crippen LogP contribution in [0.4, 0.5) is 5.69 Å². The molecule has 0 radical (unpaired) electrons. The van der Waals surface area contributed by atoms with Crippen LogP contribution in [-0.4, -0.2) is 33.8 Å². The minimum Gasteiger partial charge on any atom is -0.497 e. The van der Waals surface area contributed by atoms with Crippen LogP contribution in [0.5, 0.6) is 5.75 Å². The highest BCUT2D eigenvalue weighted by Crippen LogP contribution is 2.37. The first-order valence-corrected chi connectivity index (χ1v) is 7.85. The van der Waals surface area contributed by atoms with Crippen molar-refractivity contribution in [3.63, 3.8) is 0 Å². The number of nitro benzene ring substituents is 1. The molecule has 8 nitrogen and oxygen atoms in total. The highest BCUT2D eigenvalue weighted by Gasteiger charge is 2.45. The number of amides is 1. The number of non-ortho nitro benzene ring substituents is 1. The number of nitrogens with zero attached hydrogens (tertiary/aromatic N) is 3. The minimum atomic E-state index is -1.78. The number of nitro groups is 1. The lowest BCUT2D eigenvalue weighted by atomic mass is 9.96. The Hall–Kier alpha value is -3.26. The van der Waals surface area contributed by atoms with E-state index < -0.39 is 16.6 Å². The Morgan fingerprint density at radius 2 is 2.00 bits per heavy atom. The summed E-state index contributed by atoms with van der Waals surface area (Å²) < 4.78 is 5.07. The van der Waals surface area contributed by atoms with Crippen LogP contribution in [-0.2, 0) is 5.72 Å². The monoisotopic (exact) mass is 355 g/mol. The number of aliphatic hydroxyl groups is 1. The molecule has 0 saturated carbocycles. The van der Waals surface area contributed by atoms with Gasteiger partial charge in [0.15, 0.2) is 5.72 Å². The number of methoxy groups -OCH3 is 1. The molecule has 0 bridgehead atoms. The highest BCUT2D eigenvalue weighted by atomic mass is 16.6. The Labute approximate surface area is 149 Å². The number of hydrazone groups is 1. The van der Waals surface area contributed by atoms with Gasteiger partial charge in [-0.3, -0.25) is 14.9 Å². The lowest BCUT2D eigenvalue weighted by Crippen LogP contribution is -2.43. The van der Waals surface area contributed by atoms with Crippen LogP contribution in [0.15, 0.2) is 53.6 Å². The first-order chi connectivity index (χ1) is 12.3. The van der Waals surface area contributed by atoms with E-state index in [1.165, 1.54) is 31.4 Å². The summed E-state index contributed by atoms with van der Waals surface area (Å²) in [5.74, 6) is 0.0788. The van der Waals surface area contributed by atoms with Crippen molar-refractivity contribution in [2.24, 2.45) is 5.10 Å². The first-order valence-electron chi connectivity index (χ1n) is 7.85. The molecule has 0 saturated heterocycles. The molecule has 3 rings (SSSR count). The Morgan fingerprint density at radius 3 is 2.62 bits per heavy atom. The normalized spacial score (nSPS) is 19.2. The van der Waals surface area contributed by atoms with Crippen LogP contribution in [0.1, 0.15) is 29.3 Å². The zero-order valence-corrected chi connectivity index (χ0v) is 14.2. The summed E-state index contributed by atoms with van der Waals surface area (Å²) in [5.41, 5.74) is -0.868. The summed E-state index contributed by atoms with van der Waals surface area (Å²) in [7, 11) is 1.52. The van der Waals surface area contributed by atoms with Crippen LogP contribution in [0.25, 0.3) is 0 Å². The predicted molar refractivity (Wildman–Crippen MR) is 93.9 cm³/mol. The maximum atomic E-state index is 12.9. The van der Waals surface area contributed by atoms with Crippen molar-refractivity contribution in [2.75, 3.05) is 7.11 Å². The van der Waals surface area contributed by atoms with Crippen molar-refractivity contribution in [1.82, 2.24) is 5.01 Å². The Bertz CT molecular complexity index is 894. The van der Waals surface area contributed by atoms with Crippen LogP contribution < -0.4 is 4.74 Å². The molecule has 1 amide bonds. The SMILES string of the molecule is COc1ccc(C(=O)N2N=C(C)C[C@@]2(O)c2cccc([N+](=O)[O-])c2)cc1. The predicted octanol–water partition coefficient (Wildman–Crippen LogP) is 2.67. The molecule has 2 aromatic rings. The molecule has 8 heteroatoms. The molecular formula is C18H17N3O5. The van der Waals surface area contributed by atoms with E-state index in [4.69, 9.17) is 4.74 Å². The largest absolute Gasteiger partial charge is 0.497 e. The van der Waals surface area contributed by atoms with Gasteiger partial charge in [-0.25, -0.2) is 0 Å². The average Bonchev–Trinajstić information content (AvgIpc) is 2.97. The maximum Gasteiger partial charge on any atom is 0.276 e. The summed E-state index contributed by atoms with van der Waals surface area (Å²) in [6.07, 6.45) is 0.0655. The van der Waals surface area contributed by atoms with Gasteiger partial charge in [-0.15, -0.1) is 0 Å². The van der Waals surface area contributed by atoms with Gasteiger partial charge in [0, 0.05) is 35.4 Å². The summed E-state index contributed by atoms with van der Waals surface area (Å²) in [5, 5.41) is 27.3. The number of ether oxygens (including phenoxy) is 1. The molecule has 2 aromatic carbocycles. The summed E-state index contributed by atoms with van der Waals surface area (Å²) in [4.78, 5) is 23.4. The summed E-state index contributed by atoms with van der Waals surface area (Å²) in [6.45, 7) is 1.68. The third-order valence-electron chi connectivity index (χ3n) is 4.17. The Kier molecular flexibility index (Phi) is 4.43. The van der Waals surface area contributed by atoms with Crippen molar-refractivity contribution in [1.29, 1.82) is 0 Å². The Morgan fingerprint density at radius 1 is 1.31 bits per heavy atom. The fraction of sp³-hybridized carbons (Fsp3) is 0.222. The van der Waals surface area contributed by atoms with Gasteiger partial charge in [0.25, 0.3) is 11.6 Å². The fourth-order valence-corrected chi connectivity index (χ4v) is 2.88. The molecule has 1 aliphatic rings. The number of rotatable bonds is 4. The Balaban J connectivity index is 1.99. The first kappa shape index (κ1) is 17.6. The molecule has 1 heterocycles. The molecule has 1 atom stereocenters. The van der Waals surface area contributed by atoms with Gasteiger partial charge in [0.05, 0.1) is 12.0 Å². The van der Waals surface area contributed by atoms with E-state index in [0.29, 0.717) is 17.0 Å². The second-order valence-corrected chi connectivity index (χ2v) is 5.98. The van der Waals surface area contributed by atoms with Crippen molar-refractivity contribution in [2.45, 2.75) is 19.1 Å². The van der Waals surface area contributed by atoms with E-state index in [-0.39, 0.29) is 17.7 Å². The van der Waals surface area contributed by atoms with E-state index in [1.807, 2.05) is 0 Å². The number of hydrogen-bond donors (Lipinski definition) is 1. The van der Waals surface area contributed by atoms with Crippen molar-refractivity contribution in [3.05, 3.63) is 69.8 Å². The second-order valence-electron chi connectivity index (χ2n) is 5.98. The zero-order valence-electron chi connectivity index (χ0n) is 14.2. The third kappa shape index (κ3) is 3.02. The van der Waals surface area contributed by atoms with Gasteiger partial charge < -0.3 is 9.84 Å². The molecule has 26 heavy (non-hydrogen) atoms. The zero-order chi connectivity index (χ0) is 18.9. The standard InChI is InChI=1S/C18H17N3O5/c1-12-11-18(23,14-4-3-5-15(10-14)21(24)25)20(19-12)17(22)13-6-8-16(26-2)9-7-13/h3-10,23H,11H2,1-2H3/t18-/m1/s1. The average molecular weight is 355 g/mol. The topological polar surface area (TPSA) is 105 Å². The highest BCUT2D eigenvalue weighted by molar-refractivity contribution is 5.98. The van der Waals surface area contributed by atoms with E-state index in [1.54, 1.807) is 31.2 Å². The smallest absolute Gasteiger partial charge is 0.276 e. The minimum absolute atomic E-state index is 0.0655. The molecular weight excluding hydrogens is 338 g/mol. The van der Waals surface area contributed by atoms with Gasteiger partial charge in [0.2, 0.25) is 0 Å². The van der Waals surface area contributed by atoms with Gasteiger partial charge in [-0.1, -0.05) is 12.1 Å². The molecule has 1 N–H and O–H groups in total. The number of benzene rings is 2. The van der Waals surface area contributed by atoms with E-state index >= 15 is 0 Å². The molecule has 1 aliphatic heterocycles. The van der Waals surface area contributed by atoms with Gasteiger partial charge in [0.1, 0.15) is 5.75 Å². The van der Waals surface area contributed by atoms with Crippen molar-refractivity contribution in [3.8, 4) is 5.75 Å². The van der Waals surface area contributed by atoms with Crippen molar-refractivity contribution >= 4 is 17.3 Å². The molecule has 0 aromatic heterocycles. The summed E-state index contributed by atoms with van der Waals surface area (Å²) >= 11 is 0. The van der Waals surface area contributed by atoms with Crippen molar-refractivity contribution < 1.29 is 19.6 Å². The van der Waals surface area contributed by atoms with Crippen LogP contribution >= 0.6 is 0 Å². The lowest BCUT2D eigenvalue weighted by molar-refractivity contribution is -0.385. The van der Waals surface area contributed by atoms with E-state index in [9.17, 15) is 20.0 Å². The van der Waals surface area contributed by atoms with Gasteiger partial charge in [-0.05, 0) is 31.2 Å². The molecule has 0 aliphatic carbocycles. The molecule has 0 fully saturated rings. The molecule has 0 spiro atoms. The number of hydrogen-bond acceptors (Lipinski definition) is 6. The lowest BCUT2D eigenvalue weighted by Gasteiger charge is -2.31. The van der Waals surface area contributed by atoms with Crippen LogP contribution in [0, 0.1) is 10.1 Å². The maximum absolute atomic E-state index is 12.9. The number of carbonyl (C=O) groups excluding carboxylic acids is 1.